The second-order valence-electron chi connectivity index (χ2n) is 8.54. The second-order valence-corrected chi connectivity index (χ2v) is 11.2. The van der Waals surface area contributed by atoms with Gasteiger partial charge in [-0.3, -0.25) is 13.9 Å². The number of carbonyl (C=O) groups is 2. The summed E-state index contributed by atoms with van der Waals surface area (Å²) < 4.78 is 43.1. The van der Waals surface area contributed by atoms with Gasteiger partial charge in [-0.2, -0.15) is 0 Å². The summed E-state index contributed by atoms with van der Waals surface area (Å²) in [5, 5.41) is 3.09. The Hall–Kier alpha value is -3.14. The molecule has 0 aliphatic rings. The van der Waals surface area contributed by atoms with Crippen LogP contribution in [0.25, 0.3) is 0 Å². The van der Waals surface area contributed by atoms with Gasteiger partial charge in [0.2, 0.25) is 11.8 Å². The highest BCUT2D eigenvalue weighted by Crippen LogP contribution is 2.29. The molecule has 0 bridgehead atoms. The molecule has 3 aromatic carbocycles. The lowest BCUT2D eigenvalue weighted by Crippen LogP contribution is -2.52. The molecule has 0 aliphatic heterocycles. The van der Waals surface area contributed by atoms with Crippen LogP contribution in [0.4, 0.5) is 10.1 Å². The third-order valence-electron chi connectivity index (χ3n) is 6.03. The van der Waals surface area contributed by atoms with Gasteiger partial charge in [0.25, 0.3) is 10.0 Å². The minimum absolute atomic E-state index is 0.113. The van der Waals surface area contributed by atoms with Crippen LogP contribution in [0, 0.1) is 12.7 Å². The van der Waals surface area contributed by atoms with E-state index in [-0.39, 0.29) is 33.6 Å². The molecule has 202 valence electrons. The summed E-state index contributed by atoms with van der Waals surface area (Å²) in [5.74, 6) is -2.02. The van der Waals surface area contributed by atoms with Crippen molar-refractivity contribution in [2.45, 2.75) is 37.8 Å². The minimum Gasteiger partial charge on any atom is -0.357 e. The van der Waals surface area contributed by atoms with Gasteiger partial charge in [-0.15, -0.1) is 0 Å². The van der Waals surface area contributed by atoms with Crippen LogP contribution in [0.2, 0.25) is 10.0 Å². The third-order valence-corrected chi connectivity index (χ3v) is 8.51. The SMILES string of the molecule is CC[C@H](C(=O)NC)N(Cc1c(Cl)cccc1Cl)C(=O)CN(c1ccccc1F)S(=O)(=O)c1ccc(C)cc1. The Kier molecular flexibility index (Phi) is 9.76. The Morgan fingerprint density at radius 1 is 0.974 bits per heavy atom. The maximum Gasteiger partial charge on any atom is 0.264 e. The number of aryl methyl sites for hydroxylation is 1. The molecule has 0 fully saturated rings. The molecule has 3 rings (SSSR count). The van der Waals surface area contributed by atoms with E-state index in [1.807, 2.05) is 0 Å². The largest absolute Gasteiger partial charge is 0.357 e. The number of anilines is 1. The van der Waals surface area contributed by atoms with E-state index in [2.05, 4.69) is 5.32 Å². The summed E-state index contributed by atoms with van der Waals surface area (Å²) in [5.41, 5.74) is 0.923. The van der Waals surface area contributed by atoms with Crippen molar-refractivity contribution in [1.82, 2.24) is 10.2 Å². The minimum atomic E-state index is -4.38. The Morgan fingerprint density at radius 2 is 1.58 bits per heavy atom. The number of halogens is 3. The van der Waals surface area contributed by atoms with Crippen LogP contribution in [0.5, 0.6) is 0 Å². The number of hydrogen-bond donors (Lipinski definition) is 1. The van der Waals surface area contributed by atoms with E-state index in [0.717, 1.165) is 11.6 Å². The number of amides is 2. The van der Waals surface area contributed by atoms with Gasteiger partial charge in [0.05, 0.1) is 10.6 Å². The number of rotatable bonds is 10. The van der Waals surface area contributed by atoms with E-state index in [1.54, 1.807) is 44.2 Å². The number of likely N-dealkylation sites (N-methyl/N-ethyl adjacent to an activating group) is 1. The predicted octanol–water partition coefficient (Wildman–Crippen LogP) is 5.19. The molecular formula is C27H28Cl2FN3O4S. The van der Waals surface area contributed by atoms with Crippen molar-refractivity contribution in [3.05, 3.63) is 93.7 Å². The molecule has 1 atom stereocenters. The molecular weight excluding hydrogens is 552 g/mol. The molecule has 0 unspecified atom stereocenters. The summed E-state index contributed by atoms with van der Waals surface area (Å²) in [6, 6.07) is 15.2. The maximum absolute atomic E-state index is 14.9. The van der Waals surface area contributed by atoms with Crippen LogP contribution >= 0.6 is 23.2 Å². The highest BCUT2D eigenvalue weighted by atomic mass is 35.5. The Balaban J connectivity index is 2.11. The number of para-hydroxylation sites is 1. The van der Waals surface area contributed by atoms with Crippen molar-refractivity contribution in [3.63, 3.8) is 0 Å². The zero-order chi connectivity index (χ0) is 28.0. The molecule has 0 aliphatic carbocycles. The van der Waals surface area contributed by atoms with Crippen molar-refractivity contribution in [3.8, 4) is 0 Å². The Bertz CT molecular complexity index is 1400. The van der Waals surface area contributed by atoms with Crippen molar-refractivity contribution < 1.29 is 22.4 Å². The molecule has 0 spiro atoms. The Labute approximate surface area is 232 Å². The molecule has 11 heteroatoms. The molecule has 0 radical (unpaired) electrons. The number of sulfonamides is 1. The van der Waals surface area contributed by atoms with E-state index >= 15 is 0 Å². The normalized spacial score (nSPS) is 12.1. The quantitative estimate of drug-likeness (QED) is 0.358. The molecule has 0 saturated heterocycles. The van der Waals surface area contributed by atoms with Crippen molar-refractivity contribution in [2.75, 3.05) is 17.9 Å². The molecule has 2 amide bonds. The maximum atomic E-state index is 14.9. The second kappa shape index (κ2) is 12.6. The van der Waals surface area contributed by atoms with Crippen LogP contribution in [0.3, 0.4) is 0 Å². The highest BCUT2D eigenvalue weighted by molar-refractivity contribution is 7.92. The molecule has 0 aromatic heterocycles. The van der Waals surface area contributed by atoms with E-state index in [1.165, 1.54) is 42.3 Å². The summed E-state index contributed by atoms with van der Waals surface area (Å²) in [7, 11) is -2.94. The first-order valence-corrected chi connectivity index (χ1v) is 14.0. The zero-order valence-electron chi connectivity index (χ0n) is 21.1. The fourth-order valence-corrected chi connectivity index (χ4v) is 5.88. The standard InChI is InChI=1S/C27H28Cl2FN3O4S/c1-4-24(27(35)31-3)32(16-20-21(28)8-7-9-22(20)29)26(34)17-33(25-11-6-5-10-23(25)30)38(36,37)19-14-12-18(2)13-15-19/h5-15,24H,4,16-17H2,1-3H3,(H,31,35)/t24-/m1/s1. The van der Waals surface area contributed by atoms with Crippen molar-refractivity contribution in [2.24, 2.45) is 0 Å². The van der Waals surface area contributed by atoms with Crippen LogP contribution in [-0.4, -0.2) is 44.8 Å². The number of benzene rings is 3. The van der Waals surface area contributed by atoms with E-state index in [9.17, 15) is 22.4 Å². The molecule has 0 heterocycles. The first-order valence-electron chi connectivity index (χ1n) is 11.8. The highest BCUT2D eigenvalue weighted by Gasteiger charge is 2.34. The Morgan fingerprint density at radius 3 is 2.13 bits per heavy atom. The van der Waals surface area contributed by atoms with Crippen molar-refractivity contribution >= 4 is 50.7 Å². The van der Waals surface area contributed by atoms with Crippen LogP contribution in [-0.2, 0) is 26.2 Å². The van der Waals surface area contributed by atoms with Crippen molar-refractivity contribution in [1.29, 1.82) is 0 Å². The van der Waals surface area contributed by atoms with Gasteiger partial charge in [0, 0.05) is 29.2 Å². The molecule has 38 heavy (non-hydrogen) atoms. The monoisotopic (exact) mass is 579 g/mol. The van der Waals surface area contributed by atoms with Gasteiger partial charge in [0.15, 0.2) is 0 Å². The molecule has 1 N–H and O–H groups in total. The van der Waals surface area contributed by atoms with Gasteiger partial charge in [0.1, 0.15) is 18.4 Å². The topological polar surface area (TPSA) is 86.8 Å². The van der Waals surface area contributed by atoms with Crippen LogP contribution < -0.4 is 9.62 Å². The van der Waals surface area contributed by atoms with Gasteiger partial charge in [-0.25, -0.2) is 12.8 Å². The van der Waals surface area contributed by atoms with Crippen LogP contribution in [0.1, 0.15) is 24.5 Å². The lowest BCUT2D eigenvalue weighted by molar-refractivity contribution is -0.140. The first kappa shape index (κ1) is 29.4. The number of nitrogens with one attached hydrogen (secondary N) is 1. The van der Waals surface area contributed by atoms with Gasteiger partial charge >= 0.3 is 0 Å². The third kappa shape index (κ3) is 6.46. The average molecular weight is 581 g/mol. The van der Waals surface area contributed by atoms with E-state index in [0.29, 0.717) is 9.87 Å². The summed E-state index contributed by atoms with van der Waals surface area (Å²) in [4.78, 5) is 27.7. The van der Waals surface area contributed by atoms with Gasteiger partial charge in [-0.1, -0.05) is 66.0 Å². The molecule has 0 saturated carbocycles. The first-order chi connectivity index (χ1) is 18.0. The number of hydrogen-bond acceptors (Lipinski definition) is 4. The fraction of sp³-hybridized carbons (Fsp3) is 0.259. The van der Waals surface area contributed by atoms with E-state index in [4.69, 9.17) is 23.2 Å². The predicted molar refractivity (Wildman–Crippen MR) is 147 cm³/mol. The van der Waals surface area contributed by atoms with Crippen LogP contribution in [0.15, 0.2) is 71.6 Å². The average Bonchev–Trinajstić information content (AvgIpc) is 2.89. The zero-order valence-corrected chi connectivity index (χ0v) is 23.4. The summed E-state index contributed by atoms with van der Waals surface area (Å²) in [6.45, 7) is 2.58. The molecule has 7 nitrogen and oxygen atoms in total. The summed E-state index contributed by atoms with van der Waals surface area (Å²) in [6.07, 6.45) is 0.220. The fourth-order valence-electron chi connectivity index (χ4n) is 3.94. The molecule has 3 aromatic rings. The lowest BCUT2D eigenvalue weighted by Gasteiger charge is -2.33. The number of carbonyl (C=O) groups excluding carboxylic acids is 2. The number of nitrogens with zero attached hydrogens (tertiary/aromatic N) is 2. The summed E-state index contributed by atoms with van der Waals surface area (Å²) >= 11 is 12.7. The van der Waals surface area contributed by atoms with E-state index < -0.39 is 40.2 Å². The van der Waals surface area contributed by atoms with Gasteiger partial charge < -0.3 is 10.2 Å². The lowest BCUT2D eigenvalue weighted by atomic mass is 10.1. The van der Waals surface area contributed by atoms with Gasteiger partial charge in [-0.05, 0) is 49.7 Å². The smallest absolute Gasteiger partial charge is 0.264 e.